The molecule has 0 aromatic rings. The smallest absolute Gasteiger partial charge is 0.167 e. The standard InChI is InChI=1S/C20H22O5/c1-18(2)22-12-15(23-18)13-6-5-7-16(21)20-14(9-8-13)10-11-17(20)24-19(3,4)25-20/h6,10,15-17,21H,11-12H2,1-4H3/b13-6+/t15-,16+,17+,20+/m0/s1. The molecule has 132 valence electrons. The Bertz CT molecular complexity index is 782. The van der Waals surface area contributed by atoms with Gasteiger partial charge in [-0.15, -0.1) is 0 Å². The molecule has 0 aromatic carbocycles. The van der Waals surface area contributed by atoms with Crippen molar-refractivity contribution in [3.05, 3.63) is 23.3 Å². The number of hydrogen-bond donors (Lipinski definition) is 1. The van der Waals surface area contributed by atoms with E-state index in [1.165, 1.54) is 0 Å². The van der Waals surface area contributed by atoms with Gasteiger partial charge in [0.15, 0.2) is 23.3 Å². The molecule has 1 spiro atoms. The van der Waals surface area contributed by atoms with Gasteiger partial charge in [0.2, 0.25) is 0 Å². The van der Waals surface area contributed by atoms with Crippen molar-refractivity contribution in [3.8, 4) is 23.7 Å². The Morgan fingerprint density at radius 2 is 1.92 bits per heavy atom. The van der Waals surface area contributed by atoms with E-state index in [9.17, 15) is 5.11 Å². The molecule has 5 heteroatoms. The van der Waals surface area contributed by atoms with E-state index in [-0.39, 0.29) is 12.2 Å². The van der Waals surface area contributed by atoms with Crippen molar-refractivity contribution in [2.45, 2.75) is 69.6 Å². The molecular formula is C20H22O5. The Morgan fingerprint density at radius 1 is 1.12 bits per heavy atom. The molecule has 25 heavy (non-hydrogen) atoms. The van der Waals surface area contributed by atoms with Crippen molar-refractivity contribution in [2.75, 3.05) is 6.61 Å². The topological polar surface area (TPSA) is 57.2 Å². The van der Waals surface area contributed by atoms with Crippen molar-refractivity contribution >= 4 is 0 Å². The lowest BCUT2D eigenvalue weighted by Gasteiger charge is -2.31. The third-order valence-electron chi connectivity index (χ3n) is 4.83. The Balaban J connectivity index is 1.71. The lowest BCUT2D eigenvalue weighted by atomic mass is 9.87. The first-order valence-corrected chi connectivity index (χ1v) is 8.53. The van der Waals surface area contributed by atoms with Gasteiger partial charge in [0.05, 0.1) is 6.61 Å². The summed E-state index contributed by atoms with van der Waals surface area (Å²) in [5, 5.41) is 10.8. The third kappa shape index (κ3) is 2.73. The molecule has 0 bridgehead atoms. The molecule has 0 unspecified atom stereocenters. The normalized spacial score (nSPS) is 42.2. The summed E-state index contributed by atoms with van der Waals surface area (Å²) in [6.45, 7) is 7.85. The van der Waals surface area contributed by atoms with Crippen LogP contribution in [0.4, 0.5) is 0 Å². The zero-order valence-corrected chi connectivity index (χ0v) is 14.9. The molecule has 2 saturated heterocycles. The second-order valence-corrected chi connectivity index (χ2v) is 7.61. The minimum Gasteiger partial charge on any atom is -0.377 e. The molecular weight excluding hydrogens is 320 g/mol. The Morgan fingerprint density at radius 3 is 2.64 bits per heavy atom. The number of allylic oxidation sites excluding steroid dienone is 1. The van der Waals surface area contributed by atoms with E-state index in [0.29, 0.717) is 13.0 Å². The molecule has 4 atom stereocenters. The van der Waals surface area contributed by atoms with E-state index >= 15 is 0 Å². The van der Waals surface area contributed by atoms with E-state index in [2.05, 4.69) is 23.7 Å². The highest BCUT2D eigenvalue weighted by molar-refractivity contribution is 5.53. The summed E-state index contributed by atoms with van der Waals surface area (Å²) in [6, 6.07) is 0. The highest BCUT2D eigenvalue weighted by atomic mass is 16.8. The molecule has 2 heterocycles. The molecule has 5 nitrogen and oxygen atoms in total. The second kappa shape index (κ2) is 5.45. The van der Waals surface area contributed by atoms with Gasteiger partial charge in [-0.3, -0.25) is 0 Å². The maximum atomic E-state index is 10.8. The summed E-state index contributed by atoms with van der Waals surface area (Å²) < 4.78 is 23.6. The van der Waals surface area contributed by atoms with Crippen LogP contribution in [-0.2, 0) is 18.9 Å². The maximum Gasteiger partial charge on any atom is 0.167 e. The molecule has 0 amide bonds. The fourth-order valence-electron chi connectivity index (χ4n) is 3.79. The summed E-state index contributed by atoms with van der Waals surface area (Å²) in [4.78, 5) is 0. The van der Waals surface area contributed by atoms with Crippen LogP contribution < -0.4 is 0 Å². The van der Waals surface area contributed by atoms with Crippen LogP contribution in [0.15, 0.2) is 23.3 Å². The van der Waals surface area contributed by atoms with Crippen LogP contribution in [0.3, 0.4) is 0 Å². The fourth-order valence-corrected chi connectivity index (χ4v) is 3.79. The monoisotopic (exact) mass is 342 g/mol. The highest BCUT2D eigenvalue weighted by Crippen LogP contribution is 2.48. The molecule has 0 radical (unpaired) electrons. The van der Waals surface area contributed by atoms with Crippen LogP contribution in [0.5, 0.6) is 0 Å². The summed E-state index contributed by atoms with van der Waals surface area (Å²) >= 11 is 0. The van der Waals surface area contributed by atoms with Crippen molar-refractivity contribution in [2.24, 2.45) is 0 Å². The summed E-state index contributed by atoms with van der Waals surface area (Å²) in [6.07, 6.45) is 2.73. The van der Waals surface area contributed by atoms with E-state index in [1.807, 2.05) is 33.8 Å². The second-order valence-electron chi connectivity index (χ2n) is 7.61. The van der Waals surface area contributed by atoms with Gasteiger partial charge in [0.25, 0.3) is 0 Å². The van der Waals surface area contributed by atoms with E-state index in [4.69, 9.17) is 18.9 Å². The minimum atomic E-state index is -1.03. The van der Waals surface area contributed by atoms with Gasteiger partial charge in [-0.2, -0.15) is 0 Å². The molecule has 0 aromatic heterocycles. The lowest BCUT2D eigenvalue weighted by molar-refractivity contribution is -0.168. The molecule has 4 aliphatic rings. The van der Waals surface area contributed by atoms with Crippen LogP contribution in [0.25, 0.3) is 0 Å². The number of aliphatic hydroxyl groups is 1. The van der Waals surface area contributed by atoms with Crippen molar-refractivity contribution in [1.82, 2.24) is 0 Å². The number of aliphatic hydroxyl groups excluding tert-OH is 1. The zero-order valence-electron chi connectivity index (χ0n) is 14.9. The zero-order chi connectivity index (χ0) is 17.9. The quantitative estimate of drug-likeness (QED) is 0.735. The largest absolute Gasteiger partial charge is 0.377 e. The predicted octanol–water partition coefficient (Wildman–Crippen LogP) is 1.67. The summed E-state index contributed by atoms with van der Waals surface area (Å²) in [7, 11) is 0. The predicted molar refractivity (Wildman–Crippen MR) is 90.0 cm³/mol. The fraction of sp³-hybridized carbons (Fsp3) is 0.600. The number of rotatable bonds is 1. The number of ether oxygens (including phenoxy) is 4. The van der Waals surface area contributed by atoms with Gasteiger partial charge < -0.3 is 24.1 Å². The van der Waals surface area contributed by atoms with Crippen LogP contribution in [-0.4, -0.2) is 47.2 Å². The van der Waals surface area contributed by atoms with E-state index in [0.717, 1.165) is 11.1 Å². The van der Waals surface area contributed by atoms with E-state index in [1.54, 1.807) is 6.08 Å². The van der Waals surface area contributed by atoms with Crippen LogP contribution in [0.1, 0.15) is 34.1 Å². The molecule has 4 rings (SSSR count). The molecule has 1 N–H and O–H groups in total. The Hall–Kier alpha value is -1.60. The average Bonchev–Trinajstić information content (AvgIpc) is 3.12. The first-order valence-electron chi connectivity index (χ1n) is 8.53. The van der Waals surface area contributed by atoms with Crippen molar-refractivity contribution in [1.29, 1.82) is 0 Å². The Kier molecular flexibility index (Phi) is 3.67. The summed E-state index contributed by atoms with van der Waals surface area (Å²) in [5.74, 6) is 10.7. The van der Waals surface area contributed by atoms with Crippen molar-refractivity contribution in [3.63, 3.8) is 0 Å². The molecule has 2 aliphatic heterocycles. The Labute approximate surface area is 148 Å². The van der Waals surface area contributed by atoms with Gasteiger partial charge in [-0.1, -0.05) is 29.8 Å². The van der Waals surface area contributed by atoms with Crippen LogP contribution in [0, 0.1) is 23.7 Å². The van der Waals surface area contributed by atoms with Gasteiger partial charge in [-0.25, -0.2) is 0 Å². The first kappa shape index (κ1) is 16.8. The molecule has 2 aliphatic carbocycles. The van der Waals surface area contributed by atoms with Gasteiger partial charge in [0, 0.05) is 17.2 Å². The molecule has 0 saturated carbocycles. The van der Waals surface area contributed by atoms with Crippen LogP contribution in [0.2, 0.25) is 0 Å². The minimum absolute atomic E-state index is 0.266. The number of hydrogen-bond acceptors (Lipinski definition) is 5. The van der Waals surface area contributed by atoms with Gasteiger partial charge in [-0.05, 0) is 34.1 Å². The lowest BCUT2D eigenvalue weighted by Crippen LogP contribution is -2.49. The third-order valence-corrected chi connectivity index (χ3v) is 4.83. The summed E-state index contributed by atoms with van der Waals surface area (Å²) in [5.41, 5.74) is 0.430. The van der Waals surface area contributed by atoms with Gasteiger partial charge in [0.1, 0.15) is 12.2 Å². The maximum absolute atomic E-state index is 10.8. The molecule has 2 fully saturated rings. The average molecular weight is 342 g/mol. The SMILES string of the molecule is CC1(C)OC[C@@H](/C2=C/C#C[C@@H](O)[C@@]34OC(C)(C)O[C@@H]3CC=C4C#C2)O1. The van der Waals surface area contributed by atoms with Crippen LogP contribution >= 0.6 is 0 Å². The first-order chi connectivity index (χ1) is 11.7. The van der Waals surface area contributed by atoms with Crippen molar-refractivity contribution < 1.29 is 24.1 Å². The van der Waals surface area contributed by atoms with E-state index < -0.39 is 23.3 Å². The van der Waals surface area contributed by atoms with Gasteiger partial charge >= 0.3 is 0 Å². The highest BCUT2D eigenvalue weighted by Gasteiger charge is 2.61.